The Labute approximate surface area is 264 Å². The van der Waals surface area contributed by atoms with Gasteiger partial charge < -0.3 is 8.83 Å². The van der Waals surface area contributed by atoms with Crippen LogP contribution in [-0.2, 0) is 0 Å². The van der Waals surface area contributed by atoms with E-state index in [4.69, 9.17) is 8.83 Å². The first-order chi connectivity index (χ1) is 22.8. The number of hydrogen-bond acceptors (Lipinski definition) is 2. The molecular formula is C44H26O2. The Balaban J connectivity index is 1.33. The predicted octanol–water partition coefficient (Wildman–Crippen LogP) is 12.8. The lowest BCUT2D eigenvalue weighted by Crippen LogP contribution is -1.92. The number of rotatable bonds is 3. The van der Waals surface area contributed by atoms with Crippen LogP contribution in [0.2, 0.25) is 0 Å². The lowest BCUT2D eigenvalue weighted by molar-refractivity contribution is 0.668. The Hall–Kier alpha value is -6.12. The van der Waals surface area contributed by atoms with Crippen LogP contribution in [0.15, 0.2) is 167 Å². The molecule has 10 aromatic rings. The number of fused-ring (bicyclic) bond motifs is 8. The van der Waals surface area contributed by atoms with E-state index in [2.05, 4.69) is 133 Å². The van der Waals surface area contributed by atoms with Gasteiger partial charge in [-0.15, -0.1) is 0 Å². The third-order valence-corrected chi connectivity index (χ3v) is 9.46. The molecule has 0 N–H and O–H groups in total. The summed E-state index contributed by atoms with van der Waals surface area (Å²) in [6.07, 6.45) is 0. The second-order valence-electron chi connectivity index (χ2n) is 12.0. The highest BCUT2D eigenvalue weighted by Crippen LogP contribution is 2.46. The molecule has 214 valence electrons. The topological polar surface area (TPSA) is 26.3 Å². The van der Waals surface area contributed by atoms with Crippen LogP contribution in [0.5, 0.6) is 0 Å². The fraction of sp³-hybridized carbons (Fsp3) is 0. The zero-order chi connectivity index (χ0) is 30.2. The lowest BCUT2D eigenvalue weighted by Gasteiger charge is -2.19. The number of benzene rings is 8. The Morgan fingerprint density at radius 2 is 0.652 bits per heavy atom. The molecule has 0 aliphatic rings. The van der Waals surface area contributed by atoms with Gasteiger partial charge in [0.05, 0.1) is 0 Å². The summed E-state index contributed by atoms with van der Waals surface area (Å²) in [6.45, 7) is 0. The molecule has 2 heterocycles. The van der Waals surface area contributed by atoms with Gasteiger partial charge in [0.15, 0.2) is 0 Å². The molecule has 0 spiro atoms. The SMILES string of the molecule is c1ccc(-c2ccc3c(-c4ccc5oc6ccccc6c5c4)c4ccccc4c(-c4ccc5oc6ccccc6c5c4)c3c2)cc1. The van der Waals surface area contributed by atoms with E-state index in [1.165, 1.54) is 54.9 Å². The van der Waals surface area contributed by atoms with E-state index in [9.17, 15) is 0 Å². The minimum absolute atomic E-state index is 0.904. The summed E-state index contributed by atoms with van der Waals surface area (Å²) in [7, 11) is 0. The molecule has 0 aliphatic carbocycles. The molecule has 0 radical (unpaired) electrons. The van der Waals surface area contributed by atoms with Crippen LogP contribution in [0.4, 0.5) is 0 Å². The van der Waals surface area contributed by atoms with Gasteiger partial charge >= 0.3 is 0 Å². The Kier molecular flexibility index (Phi) is 5.31. The summed E-state index contributed by atoms with van der Waals surface area (Å²) in [5.41, 5.74) is 10.8. The first kappa shape index (κ1) is 25.2. The van der Waals surface area contributed by atoms with Crippen molar-refractivity contribution in [2.45, 2.75) is 0 Å². The van der Waals surface area contributed by atoms with Crippen molar-refractivity contribution in [1.82, 2.24) is 0 Å². The van der Waals surface area contributed by atoms with Crippen molar-refractivity contribution in [1.29, 1.82) is 0 Å². The Morgan fingerprint density at radius 3 is 1.24 bits per heavy atom. The summed E-state index contributed by atoms with van der Waals surface area (Å²) in [6, 6.07) is 56.3. The van der Waals surface area contributed by atoms with Crippen LogP contribution in [0.25, 0.3) is 98.8 Å². The quantitative estimate of drug-likeness (QED) is 0.193. The first-order valence-electron chi connectivity index (χ1n) is 15.7. The Bertz CT molecular complexity index is 2800. The van der Waals surface area contributed by atoms with Crippen LogP contribution in [0.3, 0.4) is 0 Å². The van der Waals surface area contributed by atoms with E-state index >= 15 is 0 Å². The molecule has 0 fully saturated rings. The number of hydrogen-bond donors (Lipinski definition) is 0. The van der Waals surface area contributed by atoms with E-state index in [1.807, 2.05) is 24.3 Å². The molecule has 46 heavy (non-hydrogen) atoms. The van der Waals surface area contributed by atoms with Gasteiger partial charge in [-0.2, -0.15) is 0 Å². The fourth-order valence-electron chi connectivity index (χ4n) is 7.37. The van der Waals surface area contributed by atoms with Crippen LogP contribution < -0.4 is 0 Å². The van der Waals surface area contributed by atoms with Gasteiger partial charge in [0.1, 0.15) is 22.3 Å². The van der Waals surface area contributed by atoms with Crippen molar-refractivity contribution in [3.8, 4) is 33.4 Å². The maximum absolute atomic E-state index is 6.22. The third-order valence-electron chi connectivity index (χ3n) is 9.46. The molecule has 0 saturated carbocycles. The summed E-state index contributed by atoms with van der Waals surface area (Å²) < 4.78 is 12.4. The number of para-hydroxylation sites is 2. The van der Waals surface area contributed by atoms with E-state index in [-0.39, 0.29) is 0 Å². The molecule has 0 unspecified atom stereocenters. The molecule has 0 bridgehead atoms. The first-order valence-corrected chi connectivity index (χ1v) is 15.7. The second kappa shape index (κ2) is 9.69. The van der Waals surface area contributed by atoms with Crippen LogP contribution >= 0.6 is 0 Å². The van der Waals surface area contributed by atoms with E-state index in [0.29, 0.717) is 0 Å². The predicted molar refractivity (Wildman–Crippen MR) is 192 cm³/mol. The van der Waals surface area contributed by atoms with Gasteiger partial charge in [-0.05, 0) is 97.4 Å². The summed E-state index contributed by atoms with van der Waals surface area (Å²) in [5, 5.41) is 9.42. The van der Waals surface area contributed by atoms with Crippen molar-refractivity contribution in [3.05, 3.63) is 158 Å². The average molecular weight is 587 g/mol. The van der Waals surface area contributed by atoms with Crippen molar-refractivity contribution in [3.63, 3.8) is 0 Å². The van der Waals surface area contributed by atoms with Gasteiger partial charge in [0.2, 0.25) is 0 Å². The molecule has 8 aromatic carbocycles. The van der Waals surface area contributed by atoms with Gasteiger partial charge in [-0.3, -0.25) is 0 Å². The minimum Gasteiger partial charge on any atom is -0.456 e. The molecule has 0 saturated heterocycles. The molecule has 0 aliphatic heterocycles. The maximum atomic E-state index is 6.22. The van der Waals surface area contributed by atoms with E-state index in [1.54, 1.807) is 0 Å². The fourth-order valence-corrected chi connectivity index (χ4v) is 7.37. The maximum Gasteiger partial charge on any atom is 0.135 e. The standard InChI is InChI=1S/C44H26O2/c1-2-10-27(11-3-1)28-18-21-35-38(24-28)44(30-20-23-42-37(26-30)32-13-7-9-17-40(32)46-42)34-15-5-4-14-33(34)43(35)29-19-22-41-36(25-29)31-12-6-8-16-39(31)45-41/h1-26H. The molecule has 10 rings (SSSR count). The molecule has 2 nitrogen and oxygen atoms in total. The van der Waals surface area contributed by atoms with Crippen molar-refractivity contribution in [2.24, 2.45) is 0 Å². The third kappa shape index (κ3) is 3.71. The zero-order valence-electron chi connectivity index (χ0n) is 24.8. The van der Waals surface area contributed by atoms with Gasteiger partial charge in [0, 0.05) is 21.5 Å². The lowest BCUT2D eigenvalue weighted by atomic mass is 9.84. The van der Waals surface area contributed by atoms with Crippen molar-refractivity contribution in [2.75, 3.05) is 0 Å². The van der Waals surface area contributed by atoms with Crippen molar-refractivity contribution < 1.29 is 8.83 Å². The zero-order valence-corrected chi connectivity index (χ0v) is 24.8. The second-order valence-corrected chi connectivity index (χ2v) is 12.0. The van der Waals surface area contributed by atoms with Gasteiger partial charge in [-0.1, -0.05) is 115 Å². The monoisotopic (exact) mass is 586 g/mol. The average Bonchev–Trinajstić information content (AvgIpc) is 3.68. The van der Waals surface area contributed by atoms with Crippen molar-refractivity contribution >= 4 is 65.4 Å². The van der Waals surface area contributed by atoms with E-state index < -0.39 is 0 Å². The van der Waals surface area contributed by atoms with Crippen LogP contribution in [-0.4, -0.2) is 0 Å². The normalized spacial score (nSPS) is 11.9. The minimum atomic E-state index is 0.904. The Morgan fingerprint density at radius 1 is 0.239 bits per heavy atom. The highest BCUT2D eigenvalue weighted by atomic mass is 16.3. The summed E-state index contributed by atoms with van der Waals surface area (Å²) >= 11 is 0. The van der Waals surface area contributed by atoms with Gasteiger partial charge in [-0.25, -0.2) is 0 Å². The van der Waals surface area contributed by atoms with E-state index in [0.717, 1.165) is 43.9 Å². The van der Waals surface area contributed by atoms with Crippen LogP contribution in [0, 0.1) is 0 Å². The molecule has 2 aromatic heterocycles. The molecule has 0 atom stereocenters. The summed E-state index contributed by atoms with van der Waals surface area (Å²) in [5.74, 6) is 0. The molecule has 0 amide bonds. The van der Waals surface area contributed by atoms with Gasteiger partial charge in [0.25, 0.3) is 0 Å². The molecule has 2 heteroatoms. The smallest absolute Gasteiger partial charge is 0.135 e. The highest BCUT2D eigenvalue weighted by molar-refractivity contribution is 6.23. The highest BCUT2D eigenvalue weighted by Gasteiger charge is 2.19. The largest absolute Gasteiger partial charge is 0.456 e. The number of furan rings is 2. The molecular weight excluding hydrogens is 560 g/mol. The van der Waals surface area contributed by atoms with Crippen LogP contribution in [0.1, 0.15) is 0 Å². The summed E-state index contributed by atoms with van der Waals surface area (Å²) in [4.78, 5) is 0.